The largest absolute Gasteiger partial charge is 0.471 e. The van der Waals surface area contributed by atoms with Gasteiger partial charge in [-0.05, 0) is 61.4 Å². The van der Waals surface area contributed by atoms with E-state index in [1.165, 1.54) is 4.68 Å². The van der Waals surface area contributed by atoms with E-state index in [4.69, 9.17) is 39.5 Å². The summed E-state index contributed by atoms with van der Waals surface area (Å²) in [5.74, 6) is 0.331. The SMILES string of the molecule is Cc1cc(OCn2ccc(C(=O)Nc3ccc(Cl)c(Cl)c3)n2)cc(C)c1Cl. The third kappa shape index (κ3) is 4.75. The lowest BCUT2D eigenvalue weighted by Gasteiger charge is -2.10. The fourth-order valence-electron chi connectivity index (χ4n) is 2.45. The Balaban J connectivity index is 1.64. The molecule has 0 saturated carbocycles. The van der Waals surface area contributed by atoms with E-state index in [1.54, 1.807) is 30.5 Å². The summed E-state index contributed by atoms with van der Waals surface area (Å²) in [6, 6.07) is 10.2. The van der Waals surface area contributed by atoms with E-state index in [2.05, 4.69) is 10.4 Å². The summed E-state index contributed by atoms with van der Waals surface area (Å²) in [5, 5.41) is 8.45. The highest BCUT2D eigenvalue weighted by Gasteiger charge is 2.11. The van der Waals surface area contributed by atoms with Crippen molar-refractivity contribution in [3.63, 3.8) is 0 Å². The minimum Gasteiger partial charge on any atom is -0.471 e. The molecule has 1 aromatic heterocycles. The first-order valence-corrected chi connectivity index (χ1v) is 9.16. The highest BCUT2D eigenvalue weighted by atomic mass is 35.5. The van der Waals surface area contributed by atoms with Gasteiger partial charge in [0, 0.05) is 16.9 Å². The molecule has 0 aliphatic heterocycles. The van der Waals surface area contributed by atoms with Crippen LogP contribution in [0.1, 0.15) is 21.6 Å². The third-order valence-corrected chi connectivity index (χ3v) is 5.16. The second-order valence-electron chi connectivity index (χ2n) is 5.97. The molecule has 8 heteroatoms. The van der Waals surface area contributed by atoms with Crippen LogP contribution in [0.25, 0.3) is 0 Å². The van der Waals surface area contributed by atoms with E-state index in [1.807, 2.05) is 26.0 Å². The molecule has 2 aromatic carbocycles. The van der Waals surface area contributed by atoms with Gasteiger partial charge in [0.15, 0.2) is 12.4 Å². The number of benzene rings is 2. The van der Waals surface area contributed by atoms with Gasteiger partial charge in [-0.25, -0.2) is 4.68 Å². The van der Waals surface area contributed by atoms with Crippen LogP contribution in [0.3, 0.4) is 0 Å². The number of amides is 1. The van der Waals surface area contributed by atoms with Gasteiger partial charge >= 0.3 is 0 Å². The molecule has 0 spiro atoms. The molecule has 0 bridgehead atoms. The Labute approximate surface area is 171 Å². The summed E-state index contributed by atoms with van der Waals surface area (Å²) in [6.45, 7) is 4.00. The topological polar surface area (TPSA) is 56.1 Å². The number of aryl methyl sites for hydroxylation is 2. The molecule has 3 rings (SSSR count). The molecule has 0 radical (unpaired) electrons. The Hall–Kier alpha value is -2.21. The fraction of sp³-hybridized carbons (Fsp3) is 0.158. The van der Waals surface area contributed by atoms with Crippen molar-refractivity contribution in [3.05, 3.63) is 74.5 Å². The van der Waals surface area contributed by atoms with Crippen LogP contribution in [0.4, 0.5) is 5.69 Å². The Morgan fingerprint density at radius 1 is 1.07 bits per heavy atom. The maximum atomic E-state index is 12.3. The summed E-state index contributed by atoms with van der Waals surface area (Å²) >= 11 is 18.0. The van der Waals surface area contributed by atoms with Gasteiger partial charge in [-0.1, -0.05) is 34.8 Å². The molecule has 1 N–H and O–H groups in total. The molecule has 0 atom stereocenters. The predicted octanol–water partition coefficient (Wildman–Crippen LogP) is 5.75. The number of hydrogen-bond donors (Lipinski definition) is 1. The molecule has 0 unspecified atom stereocenters. The third-order valence-electron chi connectivity index (χ3n) is 3.82. The van der Waals surface area contributed by atoms with Gasteiger partial charge in [0.2, 0.25) is 0 Å². The minimum absolute atomic E-state index is 0.167. The van der Waals surface area contributed by atoms with E-state index < -0.39 is 0 Å². The zero-order valence-corrected chi connectivity index (χ0v) is 16.9. The number of nitrogens with zero attached hydrogens (tertiary/aromatic N) is 2. The Kier molecular flexibility index (Phi) is 5.95. The second-order valence-corrected chi connectivity index (χ2v) is 7.16. The number of aromatic nitrogens is 2. The maximum Gasteiger partial charge on any atom is 0.276 e. The molecule has 3 aromatic rings. The smallest absolute Gasteiger partial charge is 0.276 e. The molecule has 1 heterocycles. The summed E-state index contributed by atoms with van der Waals surface area (Å²) in [6.07, 6.45) is 1.67. The van der Waals surface area contributed by atoms with E-state index in [9.17, 15) is 4.79 Å². The van der Waals surface area contributed by atoms with Crippen LogP contribution in [-0.2, 0) is 6.73 Å². The number of rotatable bonds is 5. The number of halogens is 3. The van der Waals surface area contributed by atoms with Crippen molar-refractivity contribution in [1.29, 1.82) is 0 Å². The van der Waals surface area contributed by atoms with Gasteiger partial charge in [0.05, 0.1) is 10.0 Å². The van der Waals surface area contributed by atoms with Crippen LogP contribution in [0.5, 0.6) is 5.75 Å². The molecule has 0 fully saturated rings. The van der Waals surface area contributed by atoms with Gasteiger partial charge in [-0.3, -0.25) is 4.79 Å². The molecule has 5 nitrogen and oxygen atoms in total. The summed E-state index contributed by atoms with van der Waals surface area (Å²) < 4.78 is 7.26. The quantitative estimate of drug-likeness (QED) is 0.567. The molecule has 27 heavy (non-hydrogen) atoms. The Morgan fingerprint density at radius 2 is 1.78 bits per heavy atom. The van der Waals surface area contributed by atoms with Gasteiger partial charge < -0.3 is 10.1 Å². The molecule has 0 aliphatic carbocycles. The lowest BCUT2D eigenvalue weighted by Crippen LogP contribution is -2.14. The first-order chi connectivity index (χ1) is 12.8. The van der Waals surface area contributed by atoms with Crippen LogP contribution in [0.15, 0.2) is 42.6 Å². The summed E-state index contributed by atoms with van der Waals surface area (Å²) in [5.41, 5.74) is 2.67. The standard InChI is InChI=1S/C19H16Cl3N3O2/c1-11-7-14(8-12(2)18(11)22)27-10-25-6-5-17(24-25)19(26)23-13-3-4-15(20)16(21)9-13/h3-9H,10H2,1-2H3,(H,23,26). The zero-order valence-electron chi connectivity index (χ0n) is 14.6. The van der Waals surface area contributed by atoms with Gasteiger partial charge in [0.25, 0.3) is 5.91 Å². The van der Waals surface area contributed by atoms with Crippen LogP contribution in [0.2, 0.25) is 15.1 Å². The number of carbonyl (C=O) groups excluding carboxylic acids is 1. The van der Waals surface area contributed by atoms with Crippen molar-refractivity contribution in [2.75, 3.05) is 5.32 Å². The van der Waals surface area contributed by atoms with Gasteiger partial charge in [0.1, 0.15) is 5.75 Å². The van der Waals surface area contributed by atoms with E-state index in [0.29, 0.717) is 21.5 Å². The minimum atomic E-state index is -0.356. The molecule has 140 valence electrons. The zero-order chi connectivity index (χ0) is 19.6. The molecular formula is C19H16Cl3N3O2. The van der Waals surface area contributed by atoms with Gasteiger partial charge in [-0.15, -0.1) is 0 Å². The van der Waals surface area contributed by atoms with Gasteiger partial charge in [-0.2, -0.15) is 5.10 Å². The van der Waals surface area contributed by atoms with Crippen molar-refractivity contribution in [2.24, 2.45) is 0 Å². The summed E-state index contributed by atoms with van der Waals surface area (Å²) in [4.78, 5) is 12.3. The Bertz CT molecular complexity index is 979. The van der Waals surface area contributed by atoms with Crippen molar-refractivity contribution < 1.29 is 9.53 Å². The van der Waals surface area contributed by atoms with Crippen molar-refractivity contribution in [2.45, 2.75) is 20.6 Å². The predicted molar refractivity (Wildman–Crippen MR) is 108 cm³/mol. The fourth-order valence-corrected chi connectivity index (χ4v) is 2.86. The van der Waals surface area contributed by atoms with Crippen molar-refractivity contribution >= 4 is 46.4 Å². The highest BCUT2D eigenvalue weighted by Crippen LogP contribution is 2.26. The first-order valence-electron chi connectivity index (χ1n) is 8.03. The second kappa shape index (κ2) is 8.21. The lowest BCUT2D eigenvalue weighted by molar-refractivity contribution is 0.102. The molecule has 0 aliphatic rings. The number of ether oxygens (including phenoxy) is 1. The molecule has 0 saturated heterocycles. The lowest BCUT2D eigenvalue weighted by atomic mass is 10.1. The van der Waals surface area contributed by atoms with E-state index in [0.717, 1.165) is 16.1 Å². The van der Waals surface area contributed by atoms with Crippen molar-refractivity contribution in [1.82, 2.24) is 9.78 Å². The first kappa shape index (κ1) is 19.5. The number of carbonyl (C=O) groups is 1. The molecule has 1 amide bonds. The average molecular weight is 425 g/mol. The number of anilines is 1. The highest BCUT2D eigenvalue weighted by molar-refractivity contribution is 6.42. The number of nitrogens with one attached hydrogen (secondary N) is 1. The van der Waals surface area contributed by atoms with Crippen molar-refractivity contribution in [3.8, 4) is 5.75 Å². The Morgan fingerprint density at radius 3 is 2.44 bits per heavy atom. The van der Waals surface area contributed by atoms with Crippen LogP contribution >= 0.6 is 34.8 Å². The van der Waals surface area contributed by atoms with E-state index in [-0.39, 0.29) is 18.3 Å². The van der Waals surface area contributed by atoms with E-state index >= 15 is 0 Å². The number of hydrogen-bond acceptors (Lipinski definition) is 3. The monoisotopic (exact) mass is 423 g/mol. The maximum absolute atomic E-state index is 12.3. The normalized spacial score (nSPS) is 10.7. The average Bonchev–Trinajstić information content (AvgIpc) is 3.10. The molecular weight excluding hydrogens is 409 g/mol. The van der Waals surface area contributed by atoms with Crippen LogP contribution < -0.4 is 10.1 Å². The van der Waals surface area contributed by atoms with Crippen LogP contribution in [0, 0.1) is 13.8 Å². The van der Waals surface area contributed by atoms with Crippen LogP contribution in [-0.4, -0.2) is 15.7 Å². The summed E-state index contributed by atoms with van der Waals surface area (Å²) in [7, 11) is 0.